The molecule has 1 aliphatic heterocycles. The Morgan fingerprint density at radius 2 is 2.14 bits per heavy atom. The van der Waals surface area contributed by atoms with Crippen molar-refractivity contribution in [1.82, 2.24) is 19.8 Å². The third kappa shape index (κ3) is 6.69. The third-order valence-corrected chi connectivity index (χ3v) is 6.78. The maximum absolute atomic E-state index is 12.8. The number of ether oxygens (including phenoxy) is 1. The summed E-state index contributed by atoms with van der Waals surface area (Å²) in [4.78, 5) is 25.8. The molecule has 10 heteroatoms. The minimum absolute atomic E-state index is 0.138. The minimum atomic E-state index is -0.138. The molecule has 1 saturated heterocycles. The van der Waals surface area contributed by atoms with Gasteiger partial charge in [0.25, 0.3) is 5.91 Å². The SMILES string of the molecule is CN(CCCOc1ccc(Cl)cc1)C(=O)c1csc(Nc2cccc([C@@H]3CCCN3CC#N)n2)n1. The molecule has 0 saturated carbocycles. The van der Waals surface area contributed by atoms with Gasteiger partial charge in [0.05, 0.1) is 31.0 Å². The van der Waals surface area contributed by atoms with Crippen LogP contribution in [-0.2, 0) is 0 Å². The minimum Gasteiger partial charge on any atom is -0.494 e. The number of rotatable bonds is 10. The number of thiazole rings is 1. The maximum Gasteiger partial charge on any atom is 0.273 e. The molecule has 1 atom stereocenters. The van der Waals surface area contributed by atoms with Crippen LogP contribution in [-0.4, -0.2) is 59.0 Å². The van der Waals surface area contributed by atoms with Crippen LogP contribution >= 0.6 is 22.9 Å². The number of hydrogen-bond acceptors (Lipinski definition) is 8. The van der Waals surface area contributed by atoms with Gasteiger partial charge in [0.2, 0.25) is 0 Å². The lowest BCUT2D eigenvalue weighted by Crippen LogP contribution is -2.28. The van der Waals surface area contributed by atoms with E-state index < -0.39 is 0 Å². The lowest BCUT2D eigenvalue weighted by atomic mass is 10.1. The zero-order chi connectivity index (χ0) is 24.6. The summed E-state index contributed by atoms with van der Waals surface area (Å²) in [6, 6.07) is 15.4. The standard InChI is InChI=1S/C25H27ClN6O2S/c1-31(13-4-16-34-19-10-8-18(26)9-11-19)24(33)21-17-35-25(29-21)30-23-7-2-5-20(28-23)22-6-3-14-32(22)15-12-27/h2,5,7-11,17,22H,3-4,6,13-16H2,1H3,(H,28,29,30)/t22-/m0/s1. The molecule has 0 aliphatic carbocycles. The second kappa shape index (κ2) is 12.0. The first-order chi connectivity index (χ1) is 17.0. The normalized spacial score (nSPS) is 15.5. The molecule has 1 aliphatic rings. The molecule has 1 fully saturated rings. The van der Waals surface area contributed by atoms with E-state index in [4.69, 9.17) is 26.6 Å². The summed E-state index contributed by atoms with van der Waals surface area (Å²) < 4.78 is 5.69. The van der Waals surface area contributed by atoms with Crippen LogP contribution in [0, 0.1) is 11.3 Å². The molecule has 35 heavy (non-hydrogen) atoms. The number of nitriles is 1. The Morgan fingerprint density at radius 3 is 2.94 bits per heavy atom. The highest BCUT2D eigenvalue weighted by molar-refractivity contribution is 7.14. The van der Waals surface area contributed by atoms with Gasteiger partial charge in [-0.05, 0) is 62.2 Å². The van der Waals surface area contributed by atoms with Gasteiger partial charge in [-0.15, -0.1) is 11.3 Å². The van der Waals surface area contributed by atoms with Gasteiger partial charge in [0, 0.05) is 24.0 Å². The van der Waals surface area contributed by atoms with Crippen molar-refractivity contribution in [1.29, 1.82) is 5.26 Å². The average molecular weight is 511 g/mol. The number of halogens is 1. The van der Waals surface area contributed by atoms with Gasteiger partial charge in [0.15, 0.2) is 5.13 Å². The quantitative estimate of drug-likeness (QED) is 0.298. The lowest BCUT2D eigenvalue weighted by molar-refractivity contribution is 0.0783. The van der Waals surface area contributed by atoms with E-state index in [9.17, 15) is 4.79 Å². The number of carbonyl (C=O) groups is 1. The van der Waals surface area contributed by atoms with Gasteiger partial charge < -0.3 is 15.0 Å². The molecule has 4 rings (SSSR count). The van der Waals surface area contributed by atoms with Crippen molar-refractivity contribution in [3.8, 4) is 11.8 Å². The maximum atomic E-state index is 12.8. The highest BCUT2D eigenvalue weighted by Crippen LogP contribution is 2.31. The summed E-state index contributed by atoms with van der Waals surface area (Å²) in [5.74, 6) is 1.29. The van der Waals surface area contributed by atoms with Gasteiger partial charge in [-0.3, -0.25) is 9.69 Å². The van der Waals surface area contributed by atoms with E-state index in [0.717, 1.165) is 30.8 Å². The number of hydrogen-bond donors (Lipinski definition) is 1. The Kier molecular flexibility index (Phi) is 8.53. The molecule has 8 nitrogen and oxygen atoms in total. The second-order valence-electron chi connectivity index (χ2n) is 8.28. The summed E-state index contributed by atoms with van der Waals surface area (Å²) in [6.07, 6.45) is 2.75. The second-order valence-corrected chi connectivity index (χ2v) is 9.57. The summed E-state index contributed by atoms with van der Waals surface area (Å²) in [6.45, 7) is 2.37. The van der Waals surface area contributed by atoms with Crippen LogP contribution in [0.1, 0.15) is 41.5 Å². The van der Waals surface area contributed by atoms with E-state index in [1.165, 1.54) is 11.3 Å². The van der Waals surface area contributed by atoms with Gasteiger partial charge in [-0.1, -0.05) is 17.7 Å². The molecule has 3 aromatic rings. The summed E-state index contributed by atoms with van der Waals surface area (Å²) in [7, 11) is 1.76. The predicted molar refractivity (Wildman–Crippen MR) is 137 cm³/mol. The number of anilines is 2. The van der Waals surface area contributed by atoms with Crippen LogP contribution in [0.4, 0.5) is 10.9 Å². The Labute approximate surface area is 214 Å². The van der Waals surface area contributed by atoms with Gasteiger partial charge in [-0.2, -0.15) is 5.26 Å². The Hall–Kier alpha value is -3.19. The van der Waals surface area contributed by atoms with E-state index in [2.05, 4.69) is 21.3 Å². The smallest absolute Gasteiger partial charge is 0.273 e. The summed E-state index contributed by atoms with van der Waals surface area (Å²) in [5, 5.41) is 15.3. The number of aromatic nitrogens is 2. The Morgan fingerprint density at radius 1 is 1.31 bits per heavy atom. The number of amides is 1. The predicted octanol–water partition coefficient (Wildman–Crippen LogP) is 5.14. The molecule has 2 aromatic heterocycles. The van der Waals surface area contributed by atoms with Crippen molar-refractivity contribution in [2.75, 3.05) is 38.6 Å². The van der Waals surface area contributed by atoms with E-state index in [1.807, 2.05) is 30.3 Å². The van der Waals surface area contributed by atoms with Gasteiger partial charge in [-0.25, -0.2) is 9.97 Å². The number of pyridine rings is 1. The molecule has 1 N–H and O–H groups in total. The highest BCUT2D eigenvalue weighted by Gasteiger charge is 2.26. The van der Waals surface area contributed by atoms with Crippen molar-refractivity contribution >= 4 is 39.8 Å². The van der Waals surface area contributed by atoms with Crippen LogP contribution in [0.15, 0.2) is 47.8 Å². The van der Waals surface area contributed by atoms with Crippen LogP contribution in [0.2, 0.25) is 5.02 Å². The molecule has 0 bridgehead atoms. The Bertz CT molecular complexity index is 1180. The number of benzene rings is 1. The molecule has 182 valence electrons. The van der Waals surface area contributed by atoms with Crippen molar-refractivity contribution in [2.24, 2.45) is 0 Å². The van der Waals surface area contributed by atoms with Gasteiger partial charge in [0.1, 0.15) is 17.3 Å². The fraction of sp³-hybridized carbons (Fsp3) is 0.360. The van der Waals surface area contributed by atoms with E-state index >= 15 is 0 Å². The van der Waals surface area contributed by atoms with E-state index in [0.29, 0.717) is 47.8 Å². The first kappa shape index (κ1) is 24.9. The third-order valence-electron chi connectivity index (χ3n) is 5.77. The number of likely N-dealkylation sites (tertiary alicyclic amines) is 1. The van der Waals surface area contributed by atoms with Crippen molar-refractivity contribution in [3.05, 3.63) is 64.3 Å². The summed E-state index contributed by atoms with van der Waals surface area (Å²) >= 11 is 7.24. The fourth-order valence-electron chi connectivity index (χ4n) is 4.01. The topological polar surface area (TPSA) is 94.4 Å². The largest absolute Gasteiger partial charge is 0.494 e. The van der Waals surface area contributed by atoms with E-state index in [-0.39, 0.29) is 11.9 Å². The molecule has 3 heterocycles. The van der Waals surface area contributed by atoms with E-state index in [1.54, 1.807) is 29.5 Å². The zero-order valence-electron chi connectivity index (χ0n) is 19.5. The fourth-order valence-corrected chi connectivity index (χ4v) is 4.82. The van der Waals surface area contributed by atoms with Gasteiger partial charge >= 0.3 is 0 Å². The number of nitrogens with one attached hydrogen (secondary N) is 1. The first-order valence-electron chi connectivity index (χ1n) is 11.5. The molecule has 0 unspecified atom stereocenters. The van der Waals surface area contributed by atoms with Crippen molar-refractivity contribution in [3.63, 3.8) is 0 Å². The molecule has 0 radical (unpaired) electrons. The lowest BCUT2D eigenvalue weighted by Gasteiger charge is -2.21. The Balaban J connectivity index is 1.29. The molecular weight excluding hydrogens is 484 g/mol. The molecule has 0 spiro atoms. The molecule has 1 amide bonds. The summed E-state index contributed by atoms with van der Waals surface area (Å²) in [5.41, 5.74) is 1.34. The zero-order valence-corrected chi connectivity index (χ0v) is 21.1. The van der Waals surface area contributed by atoms with Crippen molar-refractivity contribution in [2.45, 2.75) is 25.3 Å². The monoisotopic (exact) mass is 510 g/mol. The van der Waals surface area contributed by atoms with Crippen LogP contribution in [0.25, 0.3) is 0 Å². The average Bonchev–Trinajstić information content (AvgIpc) is 3.52. The van der Waals surface area contributed by atoms with Crippen LogP contribution < -0.4 is 10.1 Å². The van der Waals surface area contributed by atoms with Crippen molar-refractivity contribution < 1.29 is 9.53 Å². The first-order valence-corrected chi connectivity index (χ1v) is 12.7. The van der Waals surface area contributed by atoms with Crippen LogP contribution in [0.3, 0.4) is 0 Å². The van der Waals surface area contributed by atoms with Crippen LogP contribution in [0.5, 0.6) is 5.75 Å². The number of nitrogens with zero attached hydrogens (tertiary/aromatic N) is 5. The molecular formula is C25H27ClN6O2S. The molecule has 1 aromatic carbocycles. The highest BCUT2D eigenvalue weighted by atomic mass is 35.5. The number of carbonyl (C=O) groups excluding carboxylic acids is 1.